The fourth-order valence-corrected chi connectivity index (χ4v) is 4.56. The smallest absolute Gasteiger partial charge is 0.268 e. The van der Waals surface area contributed by atoms with Gasteiger partial charge in [0.15, 0.2) is 5.76 Å². The second kappa shape index (κ2) is 9.14. The molecule has 0 saturated carbocycles. The van der Waals surface area contributed by atoms with E-state index in [4.69, 9.17) is 44.0 Å². The van der Waals surface area contributed by atoms with E-state index in [1.807, 2.05) is 22.8 Å². The van der Waals surface area contributed by atoms with Crippen LogP contribution in [0.4, 0.5) is 0 Å². The van der Waals surface area contributed by atoms with Gasteiger partial charge in [-0.25, -0.2) is 4.98 Å². The standard InChI is InChI=1S/C25H16Cl3N3O3/c1-33-17-6-7-20-18(10-17)22(24(28)31(20)13-15-4-5-16(26)9-19(15)27)23(32)25-30-12-21(34-25)14-3-2-8-29-11-14/h2-12H,13H2,1H3. The molecule has 0 bridgehead atoms. The number of ketones is 1. The van der Waals surface area contributed by atoms with Crippen molar-refractivity contribution in [1.82, 2.24) is 14.5 Å². The zero-order valence-corrected chi connectivity index (χ0v) is 20.0. The molecule has 3 heterocycles. The molecule has 170 valence electrons. The monoisotopic (exact) mass is 511 g/mol. The highest BCUT2D eigenvalue weighted by molar-refractivity contribution is 6.37. The molecule has 0 unspecified atom stereocenters. The third-order valence-electron chi connectivity index (χ3n) is 5.42. The molecule has 0 aliphatic rings. The number of pyridine rings is 1. The molecule has 0 N–H and O–H groups in total. The molecule has 0 aliphatic heterocycles. The molecule has 5 aromatic rings. The molecule has 0 spiro atoms. The molecule has 0 fully saturated rings. The van der Waals surface area contributed by atoms with Gasteiger partial charge in [-0.2, -0.15) is 0 Å². The first-order valence-corrected chi connectivity index (χ1v) is 11.3. The Labute approximate surface area is 209 Å². The molecule has 34 heavy (non-hydrogen) atoms. The van der Waals surface area contributed by atoms with E-state index in [1.165, 1.54) is 6.20 Å². The zero-order chi connectivity index (χ0) is 23.8. The van der Waals surface area contributed by atoms with Crippen LogP contribution in [0.15, 0.2) is 71.5 Å². The summed E-state index contributed by atoms with van der Waals surface area (Å²) in [5.41, 5.74) is 2.51. The van der Waals surface area contributed by atoms with E-state index in [1.54, 1.807) is 49.8 Å². The van der Waals surface area contributed by atoms with E-state index in [0.29, 0.717) is 39.0 Å². The van der Waals surface area contributed by atoms with Gasteiger partial charge in [-0.1, -0.05) is 40.9 Å². The Bertz CT molecular complexity index is 1530. The number of ether oxygens (including phenoxy) is 1. The van der Waals surface area contributed by atoms with Crippen molar-refractivity contribution in [1.29, 1.82) is 0 Å². The lowest BCUT2D eigenvalue weighted by molar-refractivity contribution is 0.100. The summed E-state index contributed by atoms with van der Waals surface area (Å²) in [5.74, 6) is 0.497. The van der Waals surface area contributed by atoms with E-state index in [-0.39, 0.29) is 16.6 Å². The molecule has 3 aromatic heterocycles. The second-order valence-electron chi connectivity index (χ2n) is 7.47. The van der Waals surface area contributed by atoms with Gasteiger partial charge in [-0.3, -0.25) is 9.78 Å². The summed E-state index contributed by atoms with van der Waals surface area (Å²) in [7, 11) is 1.56. The predicted octanol–water partition coefficient (Wildman–Crippen LogP) is 6.94. The van der Waals surface area contributed by atoms with Crippen molar-refractivity contribution in [2.75, 3.05) is 7.11 Å². The number of oxazole rings is 1. The normalized spacial score (nSPS) is 11.2. The summed E-state index contributed by atoms with van der Waals surface area (Å²) in [6, 6.07) is 14.3. The van der Waals surface area contributed by atoms with Crippen molar-refractivity contribution in [2.24, 2.45) is 0 Å². The summed E-state index contributed by atoms with van der Waals surface area (Å²) < 4.78 is 13.0. The van der Waals surface area contributed by atoms with Gasteiger partial charge in [0.05, 0.1) is 30.9 Å². The highest BCUT2D eigenvalue weighted by Gasteiger charge is 2.27. The number of carbonyl (C=O) groups excluding carboxylic acids is 1. The topological polar surface area (TPSA) is 70.2 Å². The maximum atomic E-state index is 13.5. The van der Waals surface area contributed by atoms with Crippen molar-refractivity contribution in [3.05, 3.63) is 99.3 Å². The number of hydrogen-bond acceptors (Lipinski definition) is 5. The number of rotatable bonds is 6. The van der Waals surface area contributed by atoms with E-state index in [2.05, 4.69) is 9.97 Å². The summed E-state index contributed by atoms with van der Waals surface area (Å²) in [5, 5.41) is 1.88. The lowest BCUT2D eigenvalue weighted by Crippen LogP contribution is -2.04. The Morgan fingerprint density at radius 2 is 1.94 bits per heavy atom. The molecule has 0 radical (unpaired) electrons. The van der Waals surface area contributed by atoms with Gasteiger partial charge in [-0.05, 0) is 48.0 Å². The number of methoxy groups -OCH3 is 1. The van der Waals surface area contributed by atoms with Gasteiger partial charge in [0.2, 0.25) is 0 Å². The molecule has 0 atom stereocenters. The molecule has 2 aromatic carbocycles. The van der Waals surface area contributed by atoms with Crippen molar-refractivity contribution in [3.63, 3.8) is 0 Å². The molecule has 9 heteroatoms. The minimum absolute atomic E-state index is 0.0767. The third-order valence-corrected chi connectivity index (χ3v) is 6.40. The summed E-state index contributed by atoms with van der Waals surface area (Å²) >= 11 is 19.2. The van der Waals surface area contributed by atoms with Crippen LogP contribution in [0, 0.1) is 0 Å². The first kappa shape index (κ1) is 22.5. The maximum Gasteiger partial charge on any atom is 0.268 e. The van der Waals surface area contributed by atoms with Gasteiger partial charge in [0.1, 0.15) is 10.9 Å². The number of halogens is 3. The van der Waals surface area contributed by atoms with Gasteiger partial charge in [0.25, 0.3) is 11.7 Å². The average molecular weight is 513 g/mol. The Hall–Kier alpha value is -3.32. The van der Waals surface area contributed by atoms with Gasteiger partial charge in [-0.15, -0.1) is 0 Å². The van der Waals surface area contributed by atoms with Crippen LogP contribution >= 0.6 is 34.8 Å². The van der Waals surface area contributed by atoms with E-state index < -0.39 is 5.78 Å². The number of fused-ring (bicyclic) bond motifs is 1. The SMILES string of the molecule is COc1ccc2c(c1)c(C(=O)c1ncc(-c3cccnc3)o1)c(Cl)n2Cc1ccc(Cl)cc1Cl. The number of nitrogens with zero attached hydrogens (tertiary/aromatic N) is 3. The Morgan fingerprint density at radius 3 is 2.68 bits per heavy atom. The van der Waals surface area contributed by atoms with Crippen LogP contribution in [0.5, 0.6) is 5.75 Å². The molecule has 5 rings (SSSR count). The quantitative estimate of drug-likeness (QED) is 0.230. The van der Waals surface area contributed by atoms with Crippen LogP contribution in [-0.2, 0) is 6.54 Å². The summed E-state index contributed by atoms with van der Waals surface area (Å²) in [4.78, 5) is 21.8. The van der Waals surface area contributed by atoms with Crippen LogP contribution in [0.1, 0.15) is 21.8 Å². The third kappa shape index (κ3) is 4.05. The van der Waals surface area contributed by atoms with Gasteiger partial charge < -0.3 is 13.7 Å². The van der Waals surface area contributed by atoms with E-state index in [0.717, 1.165) is 11.1 Å². The van der Waals surface area contributed by atoms with Crippen molar-refractivity contribution >= 4 is 51.5 Å². The van der Waals surface area contributed by atoms with Crippen LogP contribution in [0.25, 0.3) is 22.2 Å². The Balaban J connectivity index is 1.62. The number of hydrogen-bond donors (Lipinski definition) is 0. The molecule has 0 aliphatic carbocycles. The van der Waals surface area contributed by atoms with Gasteiger partial charge >= 0.3 is 0 Å². The summed E-state index contributed by atoms with van der Waals surface area (Å²) in [6.45, 7) is 0.331. The lowest BCUT2D eigenvalue weighted by Gasteiger charge is -2.10. The molecular formula is C25H16Cl3N3O3. The fourth-order valence-electron chi connectivity index (χ4n) is 3.75. The van der Waals surface area contributed by atoms with Crippen molar-refractivity contribution in [3.8, 4) is 17.1 Å². The Kier molecular flexibility index (Phi) is 6.04. The predicted molar refractivity (Wildman–Crippen MR) is 132 cm³/mol. The fraction of sp³-hybridized carbons (Fsp3) is 0.0800. The van der Waals surface area contributed by atoms with Gasteiger partial charge in [0, 0.05) is 33.4 Å². The minimum Gasteiger partial charge on any atom is -0.497 e. The largest absolute Gasteiger partial charge is 0.497 e. The molecular weight excluding hydrogens is 497 g/mol. The summed E-state index contributed by atoms with van der Waals surface area (Å²) in [6.07, 6.45) is 4.78. The molecule has 0 amide bonds. The lowest BCUT2D eigenvalue weighted by atomic mass is 10.1. The Morgan fingerprint density at radius 1 is 1.09 bits per heavy atom. The highest BCUT2D eigenvalue weighted by Crippen LogP contribution is 2.36. The second-order valence-corrected chi connectivity index (χ2v) is 8.67. The van der Waals surface area contributed by atoms with E-state index >= 15 is 0 Å². The molecule has 6 nitrogen and oxygen atoms in total. The van der Waals surface area contributed by atoms with Crippen molar-refractivity contribution < 1.29 is 13.9 Å². The maximum absolute atomic E-state index is 13.5. The number of aromatic nitrogens is 3. The first-order chi connectivity index (χ1) is 16.5. The van der Waals surface area contributed by atoms with Crippen LogP contribution in [0.3, 0.4) is 0 Å². The number of benzene rings is 2. The zero-order valence-electron chi connectivity index (χ0n) is 17.8. The van der Waals surface area contributed by atoms with Crippen LogP contribution in [0.2, 0.25) is 15.2 Å². The minimum atomic E-state index is -0.445. The van der Waals surface area contributed by atoms with E-state index in [9.17, 15) is 4.79 Å². The van der Waals surface area contributed by atoms with Crippen LogP contribution < -0.4 is 4.74 Å². The number of carbonyl (C=O) groups is 1. The highest BCUT2D eigenvalue weighted by atomic mass is 35.5. The molecule has 0 saturated heterocycles. The van der Waals surface area contributed by atoms with Crippen molar-refractivity contribution in [2.45, 2.75) is 6.54 Å². The average Bonchev–Trinajstić information content (AvgIpc) is 3.44. The van der Waals surface area contributed by atoms with Crippen LogP contribution in [-0.4, -0.2) is 27.4 Å². The first-order valence-electron chi connectivity index (χ1n) is 10.2.